The van der Waals surface area contributed by atoms with Crippen molar-refractivity contribution in [2.24, 2.45) is 0 Å². The number of nitrogens with zero attached hydrogens (tertiary/aromatic N) is 4. The van der Waals surface area contributed by atoms with Crippen LogP contribution < -0.4 is 5.32 Å². The van der Waals surface area contributed by atoms with Crippen LogP contribution in [-0.4, -0.2) is 25.6 Å². The van der Waals surface area contributed by atoms with Gasteiger partial charge in [0, 0.05) is 12.2 Å². The van der Waals surface area contributed by atoms with Gasteiger partial charge < -0.3 is 5.32 Å². The Bertz CT molecular complexity index is 698. The summed E-state index contributed by atoms with van der Waals surface area (Å²) >= 11 is 5.68. The standard InChI is InChI=1S/C12H12ClN5O3/c1-7(2)17-6-8(4-15-17)16-12(19)9-3-11(13)14-5-10(9)18(20)21/h3-7H,1-2H3,(H,16,19). The van der Waals surface area contributed by atoms with E-state index in [0.29, 0.717) is 5.69 Å². The van der Waals surface area contributed by atoms with Gasteiger partial charge in [-0.15, -0.1) is 0 Å². The van der Waals surface area contributed by atoms with Gasteiger partial charge in [-0.25, -0.2) is 4.98 Å². The van der Waals surface area contributed by atoms with Crippen LogP contribution in [0.4, 0.5) is 11.4 Å². The summed E-state index contributed by atoms with van der Waals surface area (Å²) in [5.41, 5.74) is -0.124. The first-order valence-corrected chi connectivity index (χ1v) is 6.41. The average molecular weight is 310 g/mol. The molecule has 9 heteroatoms. The van der Waals surface area contributed by atoms with E-state index in [2.05, 4.69) is 15.4 Å². The van der Waals surface area contributed by atoms with Crippen molar-refractivity contribution in [3.05, 3.63) is 45.5 Å². The van der Waals surface area contributed by atoms with Gasteiger partial charge in [-0.05, 0) is 19.9 Å². The Morgan fingerprint density at radius 2 is 2.19 bits per heavy atom. The number of pyridine rings is 1. The highest BCUT2D eigenvalue weighted by Gasteiger charge is 2.22. The largest absolute Gasteiger partial charge is 0.319 e. The summed E-state index contributed by atoms with van der Waals surface area (Å²) in [5.74, 6) is -0.644. The van der Waals surface area contributed by atoms with Crippen LogP contribution in [-0.2, 0) is 0 Å². The van der Waals surface area contributed by atoms with Crippen molar-refractivity contribution in [3.63, 3.8) is 0 Å². The molecule has 2 rings (SSSR count). The molecular formula is C12H12ClN5O3. The first-order valence-electron chi connectivity index (χ1n) is 6.04. The third-order valence-electron chi connectivity index (χ3n) is 2.68. The van der Waals surface area contributed by atoms with Gasteiger partial charge in [-0.1, -0.05) is 11.6 Å². The van der Waals surface area contributed by atoms with E-state index >= 15 is 0 Å². The van der Waals surface area contributed by atoms with Crippen molar-refractivity contribution in [1.82, 2.24) is 14.8 Å². The number of rotatable bonds is 4. The van der Waals surface area contributed by atoms with Gasteiger partial charge in [0.2, 0.25) is 0 Å². The number of amides is 1. The molecule has 0 aromatic carbocycles. The molecule has 0 fully saturated rings. The summed E-state index contributed by atoms with van der Waals surface area (Å²) in [6.07, 6.45) is 4.05. The maximum absolute atomic E-state index is 12.1. The van der Waals surface area contributed by atoms with Crippen LogP contribution in [0.25, 0.3) is 0 Å². The van der Waals surface area contributed by atoms with Crippen LogP contribution in [0.1, 0.15) is 30.2 Å². The van der Waals surface area contributed by atoms with Crippen LogP contribution in [0, 0.1) is 10.1 Å². The van der Waals surface area contributed by atoms with Crippen LogP contribution >= 0.6 is 11.6 Å². The second-order valence-electron chi connectivity index (χ2n) is 4.54. The molecule has 0 bridgehead atoms. The first-order chi connectivity index (χ1) is 9.88. The molecular weight excluding hydrogens is 298 g/mol. The zero-order chi connectivity index (χ0) is 15.6. The fourth-order valence-electron chi connectivity index (χ4n) is 1.63. The number of carbonyl (C=O) groups is 1. The highest BCUT2D eigenvalue weighted by atomic mass is 35.5. The Labute approximate surface area is 124 Å². The smallest absolute Gasteiger partial charge is 0.300 e. The lowest BCUT2D eigenvalue weighted by Crippen LogP contribution is -2.14. The molecule has 8 nitrogen and oxygen atoms in total. The summed E-state index contributed by atoms with van der Waals surface area (Å²) in [7, 11) is 0. The average Bonchev–Trinajstić information content (AvgIpc) is 2.86. The lowest BCUT2D eigenvalue weighted by atomic mass is 10.2. The Morgan fingerprint density at radius 1 is 1.48 bits per heavy atom. The van der Waals surface area contributed by atoms with Crippen molar-refractivity contribution in [1.29, 1.82) is 0 Å². The summed E-state index contributed by atoms with van der Waals surface area (Å²) in [6, 6.07) is 1.29. The monoisotopic (exact) mass is 309 g/mol. The van der Waals surface area contributed by atoms with E-state index in [1.165, 1.54) is 6.20 Å². The van der Waals surface area contributed by atoms with Crippen LogP contribution in [0.5, 0.6) is 0 Å². The molecule has 0 saturated heterocycles. The maximum Gasteiger partial charge on any atom is 0.300 e. The number of anilines is 1. The van der Waals surface area contributed by atoms with Gasteiger partial charge >= 0.3 is 0 Å². The number of hydrogen-bond donors (Lipinski definition) is 1. The van der Waals surface area contributed by atoms with E-state index in [9.17, 15) is 14.9 Å². The Kier molecular flexibility index (Phi) is 4.18. The topological polar surface area (TPSA) is 103 Å². The van der Waals surface area contributed by atoms with Crippen LogP contribution in [0.15, 0.2) is 24.7 Å². The quantitative estimate of drug-likeness (QED) is 0.531. The zero-order valence-corrected chi connectivity index (χ0v) is 12.0. The predicted molar refractivity (Wildman–Crippen MR) is 76.5 cm³/mol. The van der Waals surface area contributed by atoms with E-state index in [4.69, 9.17) is 11.6 Å². The number of carbonyl (C=O) groups excluding carboxylic acids is 1. The second-order valence-corrected chi connectivity index (χ2v) is 4.93. The Hall–Kier alpha value is -2.48. The SMILES string of the molecule is CC(C)n1cc(NC(=O)c2cc(Cl)ncc2[N+](=O)[O-])cn1. The molecule has 1 N–H and O–H groups in total. The number of halogens is 1. The van der Waals surface area contributed by atoms with Crippen molar-refractivity contribution in [2.75, 3.05) is 5.32 Å². The van der Waals surface area contributed by atoms with Gasteiger partial charge in [0.1, 0.15) is 16.9 Å². The molecule has 0 aliphatic carbocycles. The second kappa shape index (κ2) is 5.88. The Morgan fingerprint density at radius 3 is 2.76 bits per heavy atom. The molecule has 0 aliphatic heterocycles. The van der Waals surface area contributed by atoms with Crippen molar-refractivity contribution < 1.29 is 9.72 Å². The van der Waals surface area contributed by atoms with Crippen molar-refractivity contribution >= 4 is 28.9 Å². The van der Waals surface area contributed by atoms with Gasteiger partial charge in [0.15, 0.2) is 0 Å². The minimum atomic E-state index is -0.685. The number of aromatic nitrogens is 3. The van der Waals surface area contributed by atoms with E-state index in [0.717, 1.165) is 12.3 Å². The van der Waals surface area contributed by atoms with Gasteiger partial charge in [0.25, 0.3) is 11.6 Å². The third-order valence-corrected chi connectivity index (χ3v) is 2.89. The molecule has 0 aliphatic rings. The van der Waals surface area contributed by atoms with Crippen LogP contribution in [0.3, 0.4) is 0 Å². The van der Waals surface area contributed by atoms with Gasteiger partial charge in [-0.2, -0.15) is 5.10 Å². The molecule has 0 radical (unpaired) electrons. The fraction of sp³-hybridized carbons (Fsp3) is 0.250. The minimum Gasteiger partial charge on any atom is -0.319 e. The maximum atomic E-state index is 12.1. The van der Waals surface area contributed by atoms with E-state index in [1.807, 2.05) is 13.8 Å². The lowest BCUT2D eigenvalue weighted by molar-refractivity contribution is -0.385. The fourth-order valence-corrected chi connectivity index (χ4v) is 1.79. The normalized spacial score (nSPS) is 10.7. The predicted octanol–water partition coefficient (Wildman–Crippen LogP) is 2.67. The zero-order valence-electron chi connectivity index (χ0n) is 11.3. The van der Waals surface area contributed by atoms with Crippen molar-refractivity contribution in [3.8, 4) is 0 Å². The van der Waals surface area contributed by atoms with Crippen LogP contribution in [0.2, 0.25) is 5.15 Å². The molecule has 0 saturated carbocycles. The Balaban J connectivity index is 2.27. The molecule has 1 amide bonds. The van der Waals surface area contributed by atoms with Gasteiger partial charge in [0.05, 0.1) is 16.8 Å². The molecule has 0 unspecified atom stereocenters. The summed E-state index contributed by atoms with van der Waals surface area (Å²) in [4.78, 5) is 26.0. The molecule has 2 aromatic heterocycles. The lowest BCUT2D eigenvalue weighted by Gasteiger charge is -2.05. The summed E-state index contributed by atoms with van der Waals surface area (Å²) < 4.78 is 1.66. The number of nitrogens with one attached hydrogen (secondary N) is 1. The highest BCUT2D eigenvalue weighted by Crippen LogP contribution is 2.21. The molecule has 0 spiro atoms. The van der Waals surface area contributed by atoms with E-state index in [-0.39, 0.29) is 16.8 Å². The molecule has 0 atom stereocenters. The number of nitro groups is 1. The first kappa shape index (κ1) is 14.9. The summed E-state index contributed by atoms with van der Waals surface area (Å²) in [6.45, 7) is 3.87. The number of hydrogen-bond acceptors (Lipinski definition) is 5. The highest BCUT2D eigenvalue weighted by molar-refractivity contribution is 6.30. The van der Waals surface area contributed by atoms with E-state index in [1.54, 1.807) is 10.9 Å². The third kappa shape index (κ3) is 3.34. The van der Waals surface area contributed by atoms with E-state index < -0.39 is 16.5 Å². The molecule has 21 heavy (non-hydrogen) atoms. The summed E-state index contributed by atoms with van der Waals surface area (Å²) in [5, 5.41) is 17.5. The molecule has 2 aromatic rings. The van der Waals surface area contributed by atoms with Crippen molar-refractivity contribution in [2.45, 2.75) is 19.9 Å². The molecule has 2 heterocycles. The minimum absolute atomic E-state index is 0.00336. The van der Waals surface area contributed by atoms with Gasteiger partial charge in [-0.3, -0.25) is 19.6 Å². The molecule has 110 valence electrons.